The molecule has 0 aliphatic carbocycles. The molecule has 3 aromatic heterocycles. The summed E-state index contributed by atoms with van der Waals surface area (Å²) in [5.41, 5.74) is 5.79. The zero-order valence-corrected chi connectivity index (χ0v) is 20.2. The van der Waals surface area contributed by atoms with Gasteiger partial charge in [-0.15, -0.1) is 11.3 Å². The minimum Gasteiger partial charge on any atom is -0.294 e. The summed E-state index contributed by atoms with van der Waals surface area (Å²) in [6.45, 7) is 0. The fourth-order valence-electron chi connectivity index (χ4n) is 5.57. The number of nitrogens with zero attached hydrogens (tertiary/aromatic N) is 2. The highest BCUT2D eigenvalue weighted by Gasteiger charge is 2.16. The zero-order chi connectivity index (χ0) is 23.6. The lowest BCUT2D eigenvalue weighted by atomic mass is 10.0. The maximum Gasteiger partial charge on any atom is 0.138 e. The van der Waals surface area contributed by atoms with Gasteiger partial charge in [-0.2, -0.15) is 0 Å². The Morgan fingerprint density at radius 1 is 0.500 bits per heavy atom. The lowest BCUT2D eigenvalue weighted by Crippen LogP contribution is -1.98. The van der Waals surface area contributed by atoms with Crippen molar-refractivity contribution in [3.63, 3.8) is 0 Å². The topological polar surface area (TPSA) is 17.8 Å². The lowest BCUT2D eigenvalue weighted by Gasteiger charge is -2.11. The van der Waals surface area contributed by atoms with Crippen molar-refractivity contribution in [2.24, 2.45) is 0 Å². The van der Waals surface area contributed by atoms with Gasteiger partial charge in [-0.05, 0) is 53.6 Å². The second-order valence-electron chi connectivity index (χ2n) is 9.22. The minimum absolute atomic E-state index is 0.942. The number of para-hydroxylation sites is 1. The number of hydrogen-bond donors (Lipinski definition) is 0. The lowest BCUT2D eigenvalue weighted by molar-refractivity contribution is 1.10. The van der Waals surface area contributed by atoms with Gasteiger partial charge in [0.05, 0.1) is 16.6 Å². The summed E-state index contributed by atoms with van der Waals surface area (Å²) in [6.07, 6.45) is 0. The van der Waals surface area contributed by atoms with Crippen molar-refractivity contribution in [2.75, 3.05) is 0 Å². The van der Waals surface area contributed by atoms with Crippen LogP contribution in [0.15, 0.2) is 121 Å². The fraction of sp³-hybridized carbons (Fsp3) is 0. The van der Waals surface area contributed by atoms with Gasteiger partial charge in [0.15, 0.2) is 0 Å². The largest absolute Gasteiger partial charge is 0.294 e. The zero-order valence-electron chi connectivity index (χ0n) is 19.3. The highest BCUT2D eigenvalue weighted by atomic mass is 32.1. The number of aromatic nitrogens is 2. The average Bonchev–Trinajstić information content (AvgIpc) is 3.46. The smallest absolute Gasteiger partial charge is 0.138 e. The molecule has 168 valence electrons. The number of hydrogen-bond acceptors (Lipinski definition) is 2. The van der Waals surface area contributed by atoms with Gasteiger partial charge < -0.3 is 0 Å². The van der Waals surface area contributed by atoms with E-state index in [4.69, 9.17) is 4.98 Å². The van der Waals surface area contributed by atoms with Crippen LogP contribution in [0.5, 0.6) is 0 Å². The van der Waals surface area contributed by atoms with Crippen LogP contribution in [0.2, 0.25) is 0 Å². The van der Waals surface area contributed by atoms with E-state index < -0.39 is 0 Å². The Kier molecular flexibility index (Phi) is 4.13. The van der Waals surface area contributed by atoms with Crippen LogP contribution in [0, 0.1) is 0 Å². The summed E-state index contributed by atoms with van der Waals surface area (Å²) >= 11 is 1.87. The second-order valence-corrected chi connectivity index (χ2v) is 10.3. The first-order valence-corrected chi connectivity index (χ1v) is 13.0. The fourth-order valence-corrected chi connectivity index (χ4v) is 6.70. The molecule has 5 aromatic carbocycles. The Morgan fingerprint density at radius 2 is 1.31 bits per heavy atom. The molecule has 0 aliphatic rings. The quantitative estimate of drug-likeness (QED) is 0.243. The Balaban J connectivity index is 1.44. The second kappa shape index (κ2) is 7.51. The molecule has 2 nitrogen and oxygen atoms in total. The van der Waals surface area contributed by atoms with Gasteiger partial charge >= 0.3 is 0 Å². The number of thiophene rings is 1. The van der Waals surface area contributed by atoms with E-state index in [2.05, 4.69) is 126 Å². The van der Waals surface area contributed by atoms with Crippen molar-refractivity contribution in [1.82, 2.24) is 9.55 Å². The molecule has 0 saturated heterocycles. The molecule has 0 aliphatic heterocycles. The summed E-state index contributed by atoms with van der Waals surface area (Å²) in [4.78, 5) is 5.20. The molecule has 0 bridgehead atoms. The van der Waals surface area contributed by atoms with Gasteiger partial charge in [0.2, 0.25) is 0 Å². The molecule has 0 atom stereocenters. The molecule has 36 heavy (non-hydrogen) atoms. The molecule has 0 unspecified atom stereocenters. The van der Waals surface area contributed by atoms with E-state index in [1.807, 2.05) is 11.3 Å². The van der Waals surface area contributed by atoms with Gasteiger partial charge in [0, 0.05) is 36.3 Å². The van der Waals surface area contributed by atoms with E-state index in [1.165, 1.54) is 58.5 Å². The van der Waals surface area contributed by atoms with Crippen molar-refractivity contribution < 1.29 is 0 Å². The summed E-state index contributed by atoms with van der Waals surface area (Å²) in [5.74, 6) is 0.942. The Bertz CT molecular complexity index is 2100. The van der Waals surface area contributed by atoms with Crippen LogP contribution >= 0.6 is 11.3 Å². The number of pyridine rings is 1. The Labute approximate surface area is 211 Å². The first-order chi connectivity index (χ1) is 17.8. The maximum absolute atomic E-state index is 5.20. The molecule has 0 saturated carbocycles. The SMILES string of the molecule is c1ccc(-c2cccc3nc(-n4c5ccccc5c5cc6sc7ccccc7c6cc54)ccc23)cc1. The van der Waals surface area contributed by atoms with Crippen molar-refractivity contribution in [2.45, 2.75) is 0 Å². The first-order valence-electron chi connectivity index (χ1n) is 12.2. The highest BCUT2D eigenvalue weighted by Crippen LogP contribution is 2.40. The van der Waals surface area contributed by atoms with Crippen molar-refractivity contribution in [3.8, 4) is 16.9 Å². The average molecular weight is 477 g/mol. The van der Waals surface area contributed by atoms with Crippen LogP contribution in [0.3, 0.4) is 0 Å². The minimum atomic E-state index is 0.942. The van der Waals surface area contributed by atoms with E-state index in [0.29, 0.717) is 0 Å². The van der Waals surface area contributed by atoms with Crippen LogP contribution < -0.4 is 0 Å². The summed E-state index contributed by atoms with van der Waals surface area (Å²) < 4.78 is 4.98. The van der Waals surface area contributed by atoms with Crippen LogP contribution in [-0.4, -0.2) is 9.55 Å². The molecule has 0 spiro atoms. The third kappa shape index (κ3) is 2.81. The molecule has 0 N–H and O–H groups in total. The monoisotopic (exact) mass is 476 g/mol. The number of benzene rings is 5. The van der Waals surface area contributed by atoms with E-state index in [0.717, 1.165) is 11.3 Å². The molecule has 3 heteroatoms. The third-order valence-electron chi connectivity index (χ3n) is 7.20. The predicted molar refractivity (Wildman–Crippen MR) is 154 cm³/mol. The van der Waals surface area contributed by atoms with Gasteiger partial charge in [-0.1, -0.05) is 78.9 Å². The molecule has 3 heterocycles. The van der Waals surface area contributed by atoms with E-state index in [1.54, 1.807) is 0 Å². The van der Waals surface area contributed by atoms with Crippen molar-refractivity contribution in [1.29, 1.82) is 0 Å². The molecule has 0 radical (unpaired) electrons. The number of fused-ring (bicyclic) bond motifs is 7. The summed E-state index contributed by atoms with van der Waals surface area (Å²) in [7, 11) is 0. The van der Waals surface area contributed by atoms with Crippen molar-refractivity contribution >= 4 is 64.2 Å². The molecule has 0 amide bonds. The van der Waals surface area contributed by atoms with Crippen LogP contribution in [0.25, 0.3) is 69.8 Å². The van der Waals surface area contributed by atoms with E-state index >= 15 is 0 Å². The van der Waals surface area contributed by atoms with E-state index in [-0.39, 0.29) is 0 Å². The predicted octanol–water partition coefficient (Wildman–Crippen LogP) is 9.37. The summed E-state index contributed by atoms with van der Waals surface area (Å²) in [5, 5.41) is 6.31. The van der Waals surface area contributed by atoms with Crippen molar-refractivity contribution in [3.05, 3.63) is 121 Å². The van der Waals surface area contributed by atoms with Gasteiger partial charge in [-0.25, -0.2) is 4.98 Å². The molecule has 8 rings (SSSR count). The molecular weight excluding hydrogens is 456 g/mol. The van der Waals surface area contributed by atoms with Gasteiger partial charge in [0.1, 0.15) is 5.82 Å². The summed E-state index contributed by atoms with van der Waals surface area (Å²) in [6, 6.07) is 43.4. The van der Waals surface area contributed by atoms with E-state index in [9.17, 15) is 0 Å². The number of rotatable bonds is 2. The van der Waals surface area contributed by atoms with Crippen LogP contribution in [-0.2, 0) is 0 Å². The Hall–Kier alpha value is -4.47. The van der Waals surface area contributed by atoms with Gasteiger partial charge in [0.25, 0.3) is 0 Å². The maximum atomic E-state index is 5.20. The standard InChI is InChI=1S/C33H20N2S/c1-2-9-21(10-3-1)22-13-8-14-28-23(22)17-18-33(34-28)35-29-15-6-4-11-24(29)26-20-32-27(19-30(26)35)25-12-5-7-16-31(25)36-32/h1-20H. The van der Waals surface area contributed by atoms with Crippen LogP contribution in [0.1, 0.15) is 0 Å². The third-order valence-corrected chi connectivity index (χ3v) is 8.34. The molecule has 0 fully saturated rings. The first kappa shape index (κ1) is 19.8. The molecular formula is C33H20N2S. The Morgan fingerprint density at radius 3 is 2.22 bits per heavy atom. The van der Waals surface area contributed by atoms with Gasteiger partial charge in [-0.3, -0.25) is 4.57 Å². The highest BCUT2D eigenvalue weighted by molar-refractivity contribution is 7.25. The molecule has 8 aromatic rings. The normalized spacial score (nSPS) is 11.9. The van der Waals surface area contributed by atoms with Crippen LogP contribution in [0.4, 0.5) is 0 Å².